The first-order chi connectivity index (χ1) is 14.9. The first kappa shape index (κ1) is 21.2. The molecule has 0 radical (unpaired) electrons. The third-order valence-corrected chi connectivity index (χ3v) is 6.87. The number of carbonyl (C=O) groups excluding carboxylic acids is 1. The molecule has 0 saturated carbocycles. The van der Waals surface area contributed by atoms with Crippen molar-refractivity contribution in [3.8, 4) is 11.5 Å². The molecular formula is C22H22N2O5S2. The number of hydrogen-bond acceptors (Lipinski definition) is 6. The van der Waals surface area contributed by atoms with E-state index in [0.29, 0.717) is 42.5 Å². The van der Waals surface area contributed by atoms with E-state index in [1.54, 1.807) is 53.6 Å². The molecule has 2 heterocycles. The van der Waals surface area contributed by atoms with E-state index < -0.39 is 10.0 Å². The standard InChI is InChI=1S/C22H22N2O5S2/c1-24(14-16-9-12-30-15-16)22(25)17-3-5-18(6-4-17)23-31(26,27)19-7-8-20-21(13-19)29-11-2-10-28-20/h3-9,12-13,15,23H,2,10-11,14H2,1H3. The van der Waals surface area contributed by atoms with Gasteiger partial charge < -0.3 is 14.4 Å². The fourth-order valence-electron chi connectivity index (χ4n) is 3.15. The Morgan fingerprint density at radius 1 is 1.06 bits per heavy atom. The van der Waals surface area contributed by atoms with Gasteiger partial charge in [-0.1, -0.05) is 0 Å². The van der Waals surface area contributed by atoms with Gasteiger partial charge in [-0.2, -0.15) is 11.3 Å². The summed E-state index contributed by atoms with van der Waals surface area (Å²) in [5.74, 6) is 0.810. The van der Waals surface area contributed by atoms with Crippen molar-refractivity contribution in [1.29, 1.82) is 0 Å². The van der Waals surface area contributed by atoms with Crippen LogP contribution in [0.2, 0.25) is 0 Å². The Bertz CT molecular complexity index is 1160. The number of nitrogens with one attached hydrogen (secondary N) is 1. The zero-order chi connectivity index (χ0) is 21.8. The molecule has 4 rings (SSSR count). The van der Waals surface area contributed by atoms with Gasteiger partial charge >= 0.3 is 0 Å². The predicted octanol–water partition coefficient (Wildman–Crippen LogP) is 3.98. The van der Waals surface area contributed by atoms with E-state index in [4.69, 9.17) is 9.47 Å². The summed E-state index contributed by atoms with van der Waals surface area (Å²) in [5, 5.41) is 3.97. The molecule has 7 nitrogen and oxygen atoms in total. The van der Waals surface area contributed by atoms with Gasteiger partial charge in [0.05, 0.1) is 18.1 Å². The van der Waals surface area contributed by atoms with Gasteiger partial charge in [0, 0.05) is 37.3 Å². The normalized spacial score (nSPS) is 13.3. The number of sulfonamides is 1. The van der Waals surface area contributed by atoms with Gasteiger partial charge in [0.2, 0.25) is 0 Å². The first-order valence-corrected chi connectivity index (χ1v) is 12.1. The molecule has 0 unspecified atom stereocenters. The van der Waals surface area contributed by atoms with Crippen LogP contribution in [0.1, 0.15) is 22.3 Å². The van der Waals surface area contributed by atoms with E-state index in [9.17, 15) is 13.2 Å². The number of thiophene rings is 1. The van der Waals surface area contributed by atoms with Crippen LogP contribution in [0.25, 0.3) is 0 Å². The molecule has 3 aromatic rings. The topological polar surface area (TPSA) is 84.9 Å². The summed E-state index contributed by atoms with van der Waals surface area (Å²) in [7, 11) is -2.09. The highest BCUT2D eigenvalue weighted by atomic mass is 32.2. The zero-order valence-electron chi connectivity index (χ0n) is 16.9. The molecule has 0 fully saturated rings. The van der Waals surface area contributed by atoms with E-state index in [2.05, 4.69) is 4.72 Å². The Morgan fingerprint density at radius 3 is 2.52 bits per heavy atom. The van der Waals surface area contributed by atoms with Crippen molar-refractivity contribution in [2.24, 2.45) is 0 Å². The molecule has 0 saturated heterocycles. The lowest BCUT2D eigenvalue weighted by Gasteiger charge is -2.17. The van der Waals surface area contributed by atoms with Crippen LogP contribution in [-0.4, -0.2) is 39.5 Å². The molecule has 0 aliphatic carbocycles. The van der Waals surface area contributed by atoms with Crippen LogP contribution >= 0.6 is 11.3 Å². The fourth-order valence-corrected chi connectivity index (χ4v) is 4.89. The quantitative estimate of drug-likeness (QED) is 0.604. The lowest BCUT2D eigenvalue weighted by Crippen LogP contribution is -2.26. The first-order valence-electron chi connectivity index (χ1n) is 9.71. The van der Waals surface area contributed by atoms with Gasteiger partial charge in [0.1, 0.15) is 0 Å². The van der Waals surface area contributed by atoms with Crippen molar-refractivity contribution < 1.29 is 22.7 Å². The molecular weight excluding hydrogens is 436 g/mol. The maximum absolute atomic E-state index is 12.8. The minimum atomic E-state index is -3.82. The van der Waals surface area contributed by atoms with Crippen LogP contribution in [0.4, 0.5) is 5.69 Å². The lowest BCUT2D eigenvalue weighted by molar-refractivity contribution is 0.0785. The second kappa shape index (κ2) is 8.99. The molecule has 0 spiro atoms. The third kappa shape index (κ3) is 5.00. The van der Waals surface area contributed by atoms with Crippen molar-refractivity contribution in [2.75, 3.05) is 25.0 Å². The Morgan fingerprint density at radius 2 is 1.81 bits per heavy atom. The van der Waals surface area contributed by atoms with Gasteiger partial charge in [-0.15, -0.1) is 0 Å². The van der Waals surface area contributed by atoms with Crippen molar-refractivity contribution in [3.05, 3.63) is 70.4 Å². The molecule has 1 aromatic heterocycles. The van der Waals surface area contributed by atoms with Gasteiger partial charge in [-0.3, -0.25) is 9.52 Å². The number of ether oxygens (including phenoxy) is 2. The number of anilines is 1. The summed E-state index contributed by atoms with van der Waals surface area (Å²) in [6.45, 7) is 1.52. The largest absolute Gasteiger partial charge is 0.490 e. The molecule has 1 amide bonds. The number of hydrogen-bond donors (Lipinski definition) is 1. The van der Waals surface area contributed by atoms with Crippen molar-refractivity contribution in [1.82, 2.24) is 4.90 Å². The van der Waals surface area contributed by atoms with E-state index in [1.165, 1.54) is 12.1 Å². The molecule has 1 N–H and O–H groups in total. The summed E-state index contributed by atoms with van der Waals surface area (Å²) in [5.41, 5.74) is 1.92. The summed E-state index contributed by atoms with van der Waals surface area (Å²) < 4.78 is 39.3. The molecule has 9 heteroatoms. The second-order valence-electron chi connectivity index (χ2n) is 7.13. The zero-order valence-corrected chi connectivity index (χ0v) is 18.5. The number of nitrogens with zero attached hydrogens (tertiary/aromatic N) is 1. The maximum Gasteiger partial charge on any atom is 0.262 e. The molecule has 1 aliphatic rings. The fraction of sp³-hybridized carbons (Fsp3) is 0.227. The van der Waals surface area contributed by atoms with Crippen LogP contribution in [0.15, 0.2) is 64.2 Å². The molecule has 0 bridgehead atoms. The Labute approximate surface area is 185 Å². The lowest BCUT2D eigenvalue weighted by atomic mass is 10.2. The number of amides is 1. The highest BCUT2D eigenvalue weighted by molar-refractivity contribution is 7.92. The van der Waals surface area contributed by atoms with E-state index in [1.807, 2.05) is 16.8 Å². The van der Waals surface area contributed by atoms with Crippen LogP contribution in [-0.2, 0) is 16.6 Å². The maximum atomic E-state index is 12.8. The molecule has 31 heavy (non-hydrogen) atoms. The average molecular weight is 459 g/mol. The Balaban J connectivity index is 1.45. The second-order valence-corrected chi connectivity index (χ2v) is 9.60. The predicted molar refractivity (Wildman–Crippen MR) is 119 cm³/mol. The van der Waals surface area contributed by atoms with Crippen LogP contribution in [0.3, 0.4) is 0 Å². The minimum absolute atomic E-state index is 0.0763. The highest BCUT2D eigenvalue weighted by Gasteiger charge is 2.19. The van der Waals surface area contributed by atoms with Crippen LogP contribution in [0.5, 0.6) is 11.5 Å². The van der Waals surface area contributed by atoms with Gasteiger partial charge in [0.25, 0.3) is 15.9 Å². The smallest absolute Gasteiger partial charge is 0.262 e. The monoisotopic (exact) mass is 458 g/mol. The van der Waals surface area contributed by atoms with Crippen LogP contribution in [0, 0.1) is 0 Å². The average Bonchev–Trinajstić information content (AvgIpc) is 3.15. The number of rotatable bonds is 6. The Hall–Kier alpha value is -3.04. The summed E-state index contributed by atoms with van der Waals surface area (Å²) in [6, 6.07) is 12.9. The number of fused-ring (bicyclic) bond motifs is 1. The van der Waals surface area contributed by atoms with E-state index >= 15 is 0 Å². The summed E-state index contributed by atoms with van der Waals surface area (Å²) >= 11 is 1.59. The third-order valence-electron chi connectivity index (χ3n) is 4.76. The van der Waals surface area contributed by atoms with Crippen molar-refractivity contribution in [2.45, 2.75) is 17.9 Å². The number of carbonyl (C=O) groups is 1. The van der Waals surface area contributed by atoms with Gasteiger partial charge in [-0.05, 0) is 58.8 Å². The van der Waals surface area contributed by atoms with Gasteiger partial charge in [-0.25, -0.2) is 8.42 Å². The minimum Gasteiger partial charge on any atom is -0.490 e. The molecule has 1 aliphatic heterocycles. The summed E-state index contributed by atoms with van der Waals surface area (Å²) in [4.78, 5) is 14.3. The summed E-state index contributed by atoms with van der Waals surface area (Å²) in [6.07, 6.45) is 0.739. The SMILES string of the molecule is CN(Cc1ccsc1)C(=O)c1ccc(NS(=O)(=O)c2ccc3c(c2)OCCCO3)cc1. The van der Waals surface area contributed by atoms with Crippen LogP contribution < -0.4 is 14.2 Å². The van der Waals surface area contributed by atoms with Crippen molar-refractivity contribution in [3.63, 3.8) is 0 Å². The number of benzene rings is 2. The molecule has 162 valence electrons. The van der Waals surface area contributed by atoms with Crippen molar-refractivity contribution >= 4 is 33.0 Å². The van der Waals surface area contributed by atoms with Gasteiger partial charge in [0.15, 0.2) is 11.5 Å². The molecule has 0 atom stereocenters. The highest BCUT2D eigenvalue weighted by Crippen LogP contribution is 2.32. The molecule has 2 aromatic carbocycles. The Kier molecular flexibility index (Phi) is 6.15. The van der Waals surface area contributed by atoms with E-state index in [0.717, 1.165) is 12.0 Å². The van der Waals surface area contributed by atoms with E-state index in [-0.39, 0.29) is 10.8 Å².